The molecule has 1 aromatic rings. The Labute approximate surface area is 80.6 Å². The van der Waals surface area contributed by atoms with E-state index in [2.05, 4.69) is 49.9 Å². The van der Waals surface area contributed by atoms with E-state index < -0.39 is 0 Å². The molecule has 68 valence electrons. The van der Waals surface area contributed by atoms with E-state index >= 15 is 0 Å². The summed E-state index contributed by atoms with van der Waals surface area (Å²) in [6, 6.07) is 8.46. The maximum atomic E-state index is 4.05. The van der Waals surface area contributed by atoms with Crippen LogP contribution in [0.15, 0.2) is 43.0 Å². The van der Waals surface area contributed by atoms with Gasteiger partial charge in [0.1, 0.15) is 0 Å². The minimum Gasteiger partial charge on any atom is -0.0949 e. The summed E-state index contributed by atoms with van der Waals surface area (Å²) in [6.45, 7) is 8.19. The summed E-state index contributed by atoms with van der Waals surface area (Å²) in [6.07, 6.45) is 5.13. The van der Waals surface area contributed by atoms with Crippen molar-refractivity contribution in [1.82, 2.24) is 0 Å². The molecule has 0 radical (unpaired) electrons. The molecule has 0 aliphatic carbocycles. The van der Waals surface area contributed by atoms with Gasteiger partial charge in [0.25, 0.3) is 0 Å². The third kappa shape index (κ3) is 2.90. The first-order valence-corrected chi connectivity index (χ1v) is 4.60. The van der Waals surface area contributed by atoms with Gasteiger partial charge in [-0.25, -0.2) is 0 Å². The number of aryl methyl sites for hydroxylation is 1. The molecule has 0 nitrogen and oxygen atoms in total. The highest BCUT2D eigenvalue weighted by molar-refractivity contribution is 5.64. The molecule has 1 rings (SSSR count). The third-order valence-electron chi connectivity index (χ3n) is 2.03. The van der Waals surface area contributed by atoms with Gasteiger partial charge >= 0.3 is 0 Å². The van der Waals surface area contributed by atoms with Gasteiger partial charge in [-0.1, -0.05) is 48.6 Å². The van der Waals surface area contributed by atoms with Crippen molar-refractivity contribution < 1.29 is 0 Å². The molecule has 0 saturated carbocycles. The van der Waals surface area contributed by atoms with Gasteiger partial charge in [-0.15, -0.1) is 0 Å². The number of hydrogen-bond acceptors (Lipinski definition) is 0. The van der Waals surface area contributed by atoms with Crippen molar-refractivity contribution in [1.29, 1.82) is 0 Å². The largest absolute Gasteiger partial charge is 0.0949 e. The van der Waals surface area contributed by atoms with Crippen LogP contribution in [-0.4, -0.2) is 0 Å². The molecule has 0 fully saturated rings. The van der Waals surface area contributed by atoms with Gasteiger partial charge in [-0.2, -0.15) is 0 Å². The van der Waals surface area contributed by atoms with Crippen LogP contribution in [0.25, 0.3) is 5.57 Å². The average Bonchev–Trinajstić information content (AvgIpc) is 2.14. The van der Waals surface area contributed by atoms with E-state index in [0.717, 1.165) is 6.42 Å². The Bertz CT molecular complexity index is 319. The third-order valence-corrected chi connectivity index (χ3v) is 2.03. The molecule has 13 heavy (non-hydrogen) atoms. The van der Waals surface area contributed by atoms with Crippen molar-refractivity contribution in [2.24, 2.45) is 0 Å². The first-order valence-electron chi connectivity index (χ1n) is 4.60. The molecule has 0 unspecified atom stereocenters. The topological polar surface area (TPSA) is 0 Å². The predicted octanol–water partition coefficient (Wildman–Crippen LogP) is 3.97. The Hall–Kier alpha value is -1.30. The average molecular weight is 172 g/mol. The van der Waals surface area contributed by atoms with Crippen molar-refractivity contribution in [3.63, 3.8) is 0 Å². The van der Waals surface area contributed by atoms with Crippen molar-refractivity contribution >= 4 is 5.57 Å². The Balaban J connectivity index is 2.77. The Morgan fingerprint density at radius 1 is 1.46 bits per heavy atom. The number of rotatable bonds is 3. The molecule has 0 aliphatic rings. The quantitative estimate of drug-likeness (QED) is 0.605. The van der Waals surface area contributed by atoms with E-state index in [9.17, 15) is 0 Å². The number of allylic oxidation sites excluding steroid dienone is 3. The fourth-order valence-electron chi connectivity index (χ4n) is 1.24. The molecule has 0 bridgehead atoms. The first kappa shape index (κ1) is 9.79. The van der Waals surface area contributed by atoms with Crippen LogP contribution in [0.3, 0.4) is 0 Å². The highest BCUT2D eigenvalue weighted by Crippen LogP contribution is 2.17. The van der Waals surface area contributed by atoms with E-state index in [1.165, 1.54) is 16.7 Å². The second-order valence-corrected chi connectivity index (χ2v) is 3.25. The first-order chi connectivity index (χ1) is 6.24. The zero-order valence-corrected chi connectivity index (χ0v) is 8.38. The molecule has 0 amide bonds. The number of hydrogen-bond donors (Lipinski definition) is 0. The summed E-state index contributed by atoms with van der Waals surface area (Å²) < 4.78 is 0. The summed E-state index contributed by atoms with van der Waals surface area (Å²) in [7, 11) is 0. The molecule has 1 aromatic carbocycles. The van der Waals surface area contributed by atoms with Gasteiger partial charge in [0.15, 0.2) is 0 Å². The van der Waals surface area contributed by atoms with Crippen LogP contribution in [0.2, 0.25) is 0 Å². The van der Waals surface area contributed by atoms with E-state index in [0.29, 0.717) is 0 Å². The molecule has 0 saturated heterocycles. The Kier molecular flexibility index (Phi) is 3.51. The SMILES string of the molecule is C=C(C/C=C\C)c1cccc(C)c1. The fourth-order valence-corrected chi connectivity index (χ4v) is 1.24. The van der Waals surface area contributed by atoms with Crippen LogP contribution in [-0.2, 0) is 0 Å². The van der Waals surface area contributed by atoms with Gasteiger partial charge in [0.05, 0.1) is 0 Å². The molecule has 0 atom stereocenters. The highest BCUT2D eigenvalue weighted by Gasteiger charge is 1.95. The van der Waals surface area contributed by atoms with E-state index in [4.69, 9.17) is 0 Å². The normalized spacial score (nSPS) is 10.6. The van der Waals surface area contributed by atoms with Crippen LogP contribution < -0.4 is 0 Å². The van der Waals surface area contributed by atoms with E-state index in [1.807, 2.05) is 6.92 Å². The molecule has 0 spiro atoms. The molecular weight excluding hydrogens is 156 g/mol. The van der Waals surface area contributed by atoms with Crippen molar-refractivity contribution in [2.75, 3.05) is 0 Å². The fraction of sp³-hybridized carbons (Fsp3) is 0.231. The minimum absolute atomic E-state index is 0.944. The molecule has 0 N–H and O–H groups in total. The summed E-state index contributed by atoms with van der Waals surface area (Å²) in [5.41, 5.74) is 3.72. The second-order valence-electron chi connectivity index (χ2n) is 3.25. The van der Waals surface area contributed by atoms with Crippen molar-refractivity contribution in [3.05, 3.63) is 54.1 Å². The van der Waals surface area contributed by atoms with Gasteiger partial charge in [0.2, 0.25) is 0 Å². The molecular formula is C13H16. The Morgan fingerprint density at radius 3 is 2.85 bits per heavy atom. The van der Waals surface area contributed by atoms with Crippen molar-refractivity contribution in [3.8, 4) is 0 Å². The predicted molar refractivity (Wildman–Crippen MR) is 59.6 cm³/mol. The molecule has 0 heteroatoms. The van der Waals surface area contributed by atoms with Gasteiger partial charge in [-0.3, -0.25) is 0 Å². The van der Waals surface area contributed by atoms with E-state index in [-0.39, 0.29) is 0 Å². The minimum atomic E-state index is 0.944. The van der Waals surface area contributed by atoms with Crippen molar-refractivity contribution in [2.45, 2.75) is 20.3 Å². The maximum absolute atomic E-state index is 4.05. The lowest BCUT2D eigenvalue weighted by Gasteiger charge is -2.03. The summed E-state index contributed by atoms with van der Waals surface area (Å²) in [5, 5.41) is 0. The zero-order valence-electron chi connectivity index (χ0n) is 8.38. The van der Waals surface area contributed by atoms with Crippen LogP contribution in [0.1, 0.15) is 24.5 Å². The maximum Gasteiger partial charge on any atom is -0.00975 e. The van der Waals surface area contributed by atoms with E-state index in [1.54, 1.807) is 0 Å². The monoisotopic (exact) mass is 172 g/mol. The lowest BCUT2D eigenvalue weighted by molar-refractivity contribution is 1.36. The molecule has 0 aromatic heterocycles. The second kappa shape index (κ2) is 4.66. The summed E-state index contributed by atoms with van der Waals surface area (Å²) >= 11 is 0. The smallest absolute Gasteiger partial charge is 0.00975 e. The zero-order chi connectivity index (χ0) is 9.68. The van der Waals surface area contributed by atoms with Gasteiger partial charge in [0, 0.05) is 0 Å². The van der Waals surface area contributed by atoms with Gasteiger partial charge < -0.3 is 0 Å². The molecule has 0 heterocycles. The Morgan fingerprint density at radius 2 is 2.23 bits per heavy atom. The lowest BCUT2D eigenvalue weighted by atomic mass is 10.0. The summed E-state index contributed by atoms with van der Waals surface area (Å²) in [5.74, 6) is 0. The molecule has 0 aliphatic heterocycles. The summed E-state index contributed by atoms with van der Waals surface area (Å²) in [4.78, 5) is 0. The van der Waals surface area contributed by atoms with Crippen LogP contribution >= 0.6 is 0 Å². The van der Waals surface area contributed by atoms with Crippen LogP contribution in [0.5, 0.6) is 0 Å². The number of benzene rings is 1. The van der Waals surface area contributed by atoms with Crippen LogP contribution in [0, 0.1) is 6.92 Å². The highest BCUT2D eigenvalue weighted by atomic mass is 14.0. The standard InChI is InChI=1S/C13H16/c1-4-5-8-12(3)13-9-6-7-11(2)10-13/h4-7,9-10H,3,8H2,1-2H3/b5-4-. The lowest BCUT2D eigenvalue weighted by Crippen LogP contribution is -1.82. The van der Waals surface area contributed by atoms with Gasteiger partial charge in [-0.05, 0) is 31.4 Å². The van der Waals surface area contributed by atoms with Crippen LogP contribution in [0.4, 0.5) is 0 Å².